The number of hydrogen-bond acceptors (Lipinski definition) is 5. The van der Waals surface area contributed by atoms with Crippen molar-refractivity contribution >= 4 is 23.4 Å². The van der Waals surface area contributed by atoms with E-state index < -0.39 is 0 Å². The van der Waals surface area contributed by atoms with Crippen LogP contribution in [0.15, 0.2) is 42.7 Å². The van der Waals surface area contributed by atoms with E-state index in [1.165, 1.54) is 6.33 Å². The number of benzene rings is 1. The van der Waals surface area contributed by atoms with Gasteiger partial charge in [0.25, 0.3) is 0 Å². The zero-order valence-electron chi connectivity index (χ0n) is 9.71. The molecule has 2 aromatic heterocycles. The SMILES string of the molecule is Clc1ncnc(Nc2cc(-c3ccccc3)[nH]n2)n1. The summed E-state index contributed by atoms with van der Waals surface area (Å²) in [7, 11) is 0. The topological polar surface area (TPSA) is 79.4 Å². The molecule has 0 aliphatic heterocycles. The molecule has 19 heavy (non-hydrogen) atoms. The number of nitrogens with zero attached hydrogens (tertiary/aromatic N) is 4. The van der Waals surface area contributed by atoms with Gasteiger partial charge in [0.2, 0.25) is 11.2 Å². The molecule has 6 nitrogen and oxygen atoms in total. The molecule has 0 fully saturated rings. The van der Waals surface area contributed by atoms with Gasteiger partial charge in [0.05, 0.1) is 5.69 Å². The Morgan fingerprint density at radius 2 is 1.95 bits per heavy atom. The maximum absolute atomic E-state index is 5.68. The highest BCUT2D eigenvalue weighted by atomic mass is 35.5. The number of halogens is 1. The summed E-state index contributed by atoms with van der Waals surface area (Å²) in [6, 6.07) is 11.8. The number of aromatic nitrogens is 5. The Bertz CT molecular complexity index is 681. The Labute approximate surface area is 113 Å². The average Bonchev–Trinajstić information content (AvgIpc) is 2.88. The van der Waals surface area contributed by atoms with Crippen LogP contribution >= 0.6 is 11.6 Å². The van der Waals surface area contributed by atoms with E-state index in [2.05, 4.69) is 30.5 Å². The quantitative estimate of drug-likeness (QED) is 0.766. The maximum atomic E-state index is 5.68. The van der Waals surface area contributed by atoms with Crippen molar-refractivity contribution in [2.45, 2.75) is 0 Å². The third-order valence-electron chi connectivity index (χ3n) is 2.44. The van der Waals surface area contributed by atoms with Gasteiger partial charge < -0.3 is 5.32 Å². The number of hydrogen-bond donors (Lipinski definition) is 2. The largest absolute Gasteiger partial charge is 0.307 e. The number of H-pyrrole nitrogens is 1. The molecule has 0 aliphatic carbocycles. The Balaban J connectivity index is 1.82. The van der Waals surface area contributed by atoms with Crippen molar-refractivity contribution in [3.8, 4) is 11.3 Å². The predicted molar refractivity (Wildman–Crippen MR) is 72.1 cm³/mol. The van der Waals surface area contributed by atoms with E-state index in [0.717, 1.165) is 11.3 Å². The van der Waals surface area contributed by atoms with Gasteiger partial charge in [-0.1, -0.05) is 30.3 Å². The summed E-state index contributed by atoms with van der Waals surface area (Å²) in [5.41, 5.74) is 1.96. The highest BCUT2D eigenvalue weighted by Crippen LogP contribution is 2.20. The summed E-state index contributed by atoms with van der Waals surface area (Å²) in [6.07, 6.45) is 1.34. The normalized spacial score (nSPS) is 10.4. The first-order valence-electron chi connectivity index (χ1n) is 5.54. The minimum absolute atomic E-state index is 0.135. The highest BCUT2D eigenvalue weighted by molar-refractivity contribution is 6.28. The molecule has 0 saturated heterocycles. The minimum atomic E-state index is 0.135. The molecule has 0 unspecified atom stereocenters. The van der Waals surface area contributed by atoms with Gasteiger partial charge in [0.15, 0.2) is 5.82 Å². The van der Waals surface area contributed by atoms with E-state index in [0.29, 0.717) is 11.8 Å². The van der Waals surface area contributed by atoms with Crippen molar-refractivity contribution in [3.63, 3.8) is 0 Å². The van der Waals surface area contributed by atoms with Crippen LogP contribution in [0.3, 0.4) is 0 Å². The summed E-state index contributed by atoms with van der Waals surface area (Å²) in [5, 5.41) is 10.2. The maximum Gasteiger partial charge on any atom is 0.232 e. The monoisotopic (exact) mass is 272 g/mol. The molecule has 0 radical (unpaired) electrons. The van der Waals surface area contributed by atoms with E-state index in [9.17, 15) is 0 Å². The first kappa shape index (κ1) is 11.6. The van der Waals surface area contributed by atoms with Gasteiger partial charge in [-0.3, -0.25) is 5.10 Å². The van der Waals surface area contributed by atoms with Crippen LogP contribution in [0.2, 0.25) is 5.28 Å². The van der Waals surface area contributed by atoms with Gasteiger partial charge in [-0.05, 0) is 17.2 Å². The second-order valence-electron chi connectivity index (χ2n) is 3.74. The molecule has 3 rings (SSSR count). The molecule has 0 amide bonds. The minimum Gasteiger partial charge on any atom is -0.307 e. The number of anilines is 2. The zero-order chi connectivity index (χ0) is 13.1. The Morgan fingerprint density at radius 1 is 1.11 bits per heavy atom. The molecule has 0 saturated carbocycles. The van der Waals surface area contributed by atoms with Crippen LogP contribution in [0.5, 0.6) is 0 Å². The molecule has 0 bridgehead atoms. The average molecular weight is 273 g/mol. The van der Waals surface area contributed by atoms with Gasteiger partial charge in [0.1, 0.15) is 6.33 Å². The number of rotatable bonds is 3. The van der Waals surface area contributed by atoms with Gasteiger partial charge in [-0.15, -0.1) is 0 Å². The van der Waals surface area contributed by atoms with Crippen LogP contribution in [-0.2, 0) is 0 Å². The Morgan fingerprint density at radius 3 is 2.74 bits per heavy atom. The van der Waals surface area contributed by atoms with E-state index in [1.54, 1.807) is 0 Å². The lowest BCUT2D eigenvalue weighted by Crippen LogP contribution is -1.98. The third kappa shape index (κ3) is 2.69. The van der Waals surface area contributed by atoms with Gasteiger partial charge in [-0.25, -0.2) is 9.97 Å². The number of aromatic amines is 1. The van der Waals surface area contributed by atoms with Crippen LogP contribution in [0, 0.1) is 0 Å². The summed E-state index contributed by atoms with van der Waals surface area (Å²) in [4.78, 5) is 11.6. The van der Waals surface area contributed by atoms with E-state index in [4.69, 9.17) is 11.6 Å². The van der Waals surface area contributed by atoms with Crippen molar-refractivity contribution in [2.75, 3.05) is 5.32 Å². The first-order valence-corrected chi connectivity index (χ1v) is 5.91. The van der Waals surface area contributed by atoms with Crippen molar-refractivity contribution in [1.82, 2.24) is 25.1 Å². The molecule has 7 heteroatoms. The molecule has 3 aromatic rings. The van der Waals surface area contributed by atoms with Crippen LogP contribution in [-0.4, -0.2) is 25.1 Å². The summed E-state index contributed by atoms with van der Waals surface area (Å²) >= 11 is 5.68. The van der Waals surface area contributed by atoms with E-state index in [1.807, 2.05) is 36.4 Å². The predicted octanol–water partition coefficient (Wildman–Crippen LogP) is 2.66. The van der Waals surface area contributed by atoms with Gasteiger partial charge >= 0.3 is 0 Å². The van der Waals surface area contributed by atoms with Crippen molar-refractivity contribution in [2.24, 2.45) is 0 Å². The molecule has 0 atom stereocenters. The van der Waals surface area contributed by atoms with E-state index >= 15 is 0 Å². The van der Waals surface area contributed by atoms with Crippen LogP contribution in [0.25, 0.3) is 11.3 Å². The highest BCUT2D eigenvalue weighted by Gasteiger charge is 2.05. The zero-order valence-corrected chi connectivity index (χ0v) is 10.5. The van der Waals surface area contributed by atoms with Crippen molar-refractivity contribution in [3.05, 3.63) is 48.0 Å². The third-order valence-corrected chi connectivity index (χ3v) is 2.63. The fraction of sp³-hybridized carbons (Fsp3) is 0. The van der Waals surface area contributed by atoms with Crippen LogP contribution in [0.4, 0.5) is 11.8 Å². The van der Waals surface area contributed by atoms with Crippen LogP contribution in [0.1, 0.15) is 0 Å². The molecule has 0 aliphatic rings. The molecule has 1 aromatic carbocycles. The molecule has 2 heterocycles. The van der Waals surface area contributed by atoms with Crippen molar-refractivity contribution < 1.29 is 0 Å². The molecule has 2 N–H and O–H groups in total. The molecule has 0 spiro atoms. The van der Waals surface area contributed by atoms with Gasteiger partial charge in [-0.2, -0.15) is 10.1 Å². The summed E-state index contributed by atoms with van der Waals surface area (Å²) in [6.45, 7) is 0. The molecule has 94 valence electrons. The first-order chi connectivity index (χ1) is 9.31. The summed E-state index contributed by atoms with van der Waals surface area (Å²) in [5.74, 6) is 0.965. The standard InChI is InChI=1S/C12H9ClN6/c13-11-14-7-15-12(17-11)16-10-6-9(18-19-10)8-4-2-1-3-5-8/h1-7H,(H2,14,15,16,17,18,19). The fourth-order valence-electron chi connectivity index (χ4n) is 1.60. The summed E-state index contributed by atoms with van der Waals surface area (Å²) < 4.78 is 0. The lowest BCUT2D eigenvalue weighted by molar-refractivity contribution is 1.04. The Kier molecular flexibility index (Phi) is 3.07. The molecular weight excluding hydrogens is 264 g/mol. The van der Waals surface area contributed by atoms with Gasteiger partial charge in [0, 0.05) is 6.07 Å². The van der Waals surface area contributed by atoms with Crippen LogP contribution < -0.4 is 5.32 Å². The fourth-order valence-corrected chi connectivity index (χ4v) is 1.73. The molecular formula is C12H9ClN6. The number of nitrogens with one attached hydrogen (secondary N) is 2. The lowest BCUT2D eigenvalue weighted by atomic mass is 10.2. The lowest BCUT2D eigenvalue weighted by Gasteiger charge is -1.98. The second-order valence-corrected chi connectivity index (χ2v) is 4.07. The van der Waals surface area contributed by atoms with E-state index in [-0.39, 0.29) is 5.28 Å². The Hall–Kier alpha value is -2.47. The second kappa shape index (κ2) is 5.03. The smallest absolute Gasteiger partial charge is 0.232 e. The van der Waals surface area contributed by atoms with Crippen molar-refractivity contribution in [1.29, 1.82) is 0 Å².